The summed E-state index contributed by atoms with van der Waals surface area (Å²) in [7, 11) is 0. The van der Waals surface area contributed by atoms with Gasteiger partial charge in [0.05, 0.1) is 23.4 Å². The maximum absolute atomic E-state index is 13.3. The molecule has 0 unspecified atom stereocenters. The molecule has 0 atom stereocenters. The number of benzene rings is 2. The first-order valence-corrected chi connectivity index (χ1v) is 13.1. The van der Waals surface area contributed by atoms with Crippen LogP contribution in [0.3, 0.4) is 0 Å². The summed E-state index contributed by atoms with van der Waals surface area (Å²) in [6.07, 6.45) is 1.44. The van der Waals surface area contributed by atoms with E-state index in [1.807, 2.05) is 11.0 Å². The fourth-order valence-electron chi connectivity index (χ4n) is 3.76. The smallest absolute Gasteiger partial charge is 0.229 e. The van der Waals surface area contributed by atoms with Crippen molar-refractivity contribution in [2.24, 2.45) is 0 Å². The second kappa shape index (κ2) is 11.3. The number of hydrogen-bond donors (Lipinski definition) is 0. The lowest BCUT2D eigenvalue weighted by Gasteiger charge is -2.27. The monoisotopic (exact) mass is 469 g/mol. The molecule has 32 heavy (non-hydrogen) atoms. The fraction of sp³-hybridized carbons (Fsp3) is 0.440. The molecule has 3 aromatic rings. The molecule has 1 amide bonds. The van der Waals surface area contributed by atoms with Crippen LogP contribution in [-0.4, -0.2) is 60.9 Å². The van der Waals surface area contributed by atoms with Gasteiger partial charge in [0.25, 0.3) is 0 Å². The van der Waals surface area contributed by atoms with Crippen LogP contribution in [0.15, 0.2) is 47.4 Å². The minimum Gasteiger partial charge on any atom is -0.379 e. The summed E-state index contributed by atoms with van der Waals surface area (Å²) in [5.74, 6) is 0.925. The number of amides is 1. The van der Waals surface area contributed by atoms with E-state index in [0.717, 1.165) is 60.4 Å². The molecule has 1 aliphatic rings. The quantitative estimate of drug-likeness (QED) is 0.406. The van der Waals surface area contributed by atoms with Crippen molar-refractivity contribution >= 4 is 44.4 Å². The highest BCUT2D eigenvalue weighted by Crippen LogP contribution is 2.30. The summed E-state index contributed by atoms with van der Waals surface area (Å²) in [6, 6.07) is 14.8. The van der Waals surface area contributed by atoms with E-state index in [4.69, 9.17) is 9.72 Å². The Hall–Kier alpha value is -1.93. The summed E-state index contributed by atoms with van der Waals surface area (Å²) in [5.41, 5.74) is 3.44. The van der Waals surface area contributed by atoms with Gasteiger partial charge in [0.15, 0.2) is 5.13 Å². The summed E-state index contributed by atoms with van der Waals surface area (Å²) < 4.78 is 6.59. The van der Waals surface area contributed by atoms with E-state index in [-0.39, 0.29) is 5.91 Å². The molecule has 1 aliphatic heterocycles. The molecule has 1 fully saturated rings. The standard InChI is InChI=1S/C25H31N3O2S2/c1-19-4-7-21(8-5-19)31-17-10-24(29)28(12-3-11-27-13-15-30-16-14-27)25-26-22-9-6-20(2)18-23(22)32-25/h4-9,18H,3,10-17H2,1-2H3. The Labute approximate surface area is 198 Å². The number of carbonyl (C=O) groups is 1. The number of ether oxygens (including phenoxy) is 1. The Bertz CT molecular complexity index is 1030. The maximum Gasteiger partial charge on any atom is 0.229 e. The maximum atomic E-state index is 13.3. The fourth-order valence-corrected chi connectivity index (χ4v) is 5.71. The molecule has 0 bridgehead atoms. The van der Waals surface area contributed by atoms with Gasteiger partial charge in [0.2, 0.25) is 5.91 Å². The van der Waals surface area contributed by atoms with Crippen molar-refractivity contribution in [2.75, 3.05) is 50.0 Å². The Morgan fingerprint density at radius 1 is 1.12 bits per heavy atom. The molecule has 1 saturated heterocycles. The molecule has 0 spiro atoms. The molecular weight excluding hydrogens is 438 g/mol. The Morgan fingerprint density at radius 3 is 2.66 bits per heavy atom. The molecule has 0 N–H and O–H groups in total. The van der Waals surface area contributed by atoms with Crippen molar-refractivity contribution in [1.29, 1.82) is 0 Å². The average Bonchev–Trinajstić information content (AvgIpc) is 3.21. The minimum absolute atomic E-state index is 0.155. The first-order valence-electron chi connectivity index (χ1n) is 11.3. The van der Waals surface area contributed by atoms with E-state index in [9.17, 15) is 4.79 Å². The van der Waals surface area contributed by atoms with Crippen molar-refractivity contribution in [3.05, 3.63) is 53.6 Å². The van der Waals surface area contributed by atoms with Gasteiger partial charge in [0.1, 0.15) is 0 Å². The second-order valence-corrected chi connectivity index (χ2v) is 10.4. The van der Waals surface area contributed by atoms with E-state index in [1.54, 1.807) is 23.1 Å². The van der Waals surface area contributed by atoms with Crippen LogP contribution >= 0.6 is 23.1 Å². The third-order valence-electron chi connectivity index (χ3n) is 5.63. The van der Waals surface area contributed by atoms with Gasteiger partial charge in [-0.15, -0.1) is 11.8 Å². The lowest BCUT2D eigenvalue weighted by atomic mass is 10.2. The zero-order valence-electron chi connectivity index (χ0n) is 18.9. The largest absolute Gasteiger partial charge is 0.379 e. The zero-order chi connectivity index (χ0) is 22.3. The zero-order valence-corrected chi connectivity index (χ0v) is 20.5. The van der Waals surface area contributed by atoms with E-state index in [0.29, 0.717) is 13.0 Å². The molecule has 0 aliphatic carbocycles. The predicted molar refractivity (Wildman–Crippen MR) is 135 cm³/mol. The van der Waals surface area contributed by atoms with E-state index in [1.165, 1.54) is 16.0 Å². The molecule has 5 nitrogen and oxygen atoms in total. The Kier molecular flexibility index (Phi) is 8.19. The van der Waals surface area contributed by atoms with Gasteiger partial charge in [0, 0.05) is 43.2 Å². The average molecular weight is 470 g/mol. The summed E-state index contributed by atoms with van der Waals surface area (Å²) in [5, 5.41) is 0.818. The van der Waals surface area contributed by atoms with Crippen LogP contribution in [-0.2, 0) is 9.53 Å². The number of hydrogen-bond acceptors (Lipinski definition) is 6. The van der Waals surface area contributed by atoms with Crippen LogP contribution in [0.25, 0.3) is 10.2 Å². The van der Waals surface area contributed by atoms with Gasteiger partial charge in [-0.3, -0.25) is 14.6 Å². The second-order valence-electron chi connectivity index (χ2n) is 8.23. The number of fused-ring (bicyclic) bond motifs is 1. The van der Waals surface area contributed by atoms with Gasteiger partial charge >= 0.3 is 0 Å². The van der Waals surface area contributed by atoms with Gasteiger partial charge < -0.3 is 4.74 Å². The number of carbonyl (C=O) groups excluding carboxylic acids is 1. The van der Waals surface area contributed by atoms with Crippen molar-refractivity contribution < 1.29 is 9.53 Å². The predicted octanol–water partition coefficient (Wildman–Crippen LogP) is 5.15. The molecule has 7 heteroatoms. The summed E-state index contributed by atoms with van der Waals surface area (Å²) in [4.78, 5) is 23.6. The third kappa shape index (κ3) is 6.32. The summed E-state index contributed by atoms with van der Waals surface area (Å²) in [6.45, 7) is 9.41. The number of thioether (sulfide) groups is 1. The van der Waals surface area contributed by atoms with Crippen LogP contribution in [0.5, 0.6) is 0 Å². The Balaban J connectivity index is 1.41. The lowest BCUT2D eigenvalue weighted by Crippen LogP contribution is -2.39. The topological polar surface area (TPSA) is 45.7 Å². The minimum atomic E-state index is 0.155. The van der Waals surface area contributed by atoms with Crippen molar-refractivity contribution in [2.45, 2.75) is 31.6 Å². The van der Waals surface area contributed by atoms with Crippen molar-refractivity contribution in [1.82, 2.24) is 9.88 Å². The molecule has 0 radical (unpaired) electrons. The number of thiazole rings is 1. The highest BCUT2D eigenvalue weighted by Gasteiger charge is 2.20. The van der Waals surface area contributed by atoms with Crippen LogP contribution < -0.4 is 4.90 Å². The van der Waals surface area contributed by atoms with Crippen LogP contribution in [0.2, 0.25) is 0 Å². The molecule has 1 aromatic heterocycles. The highest BCUT2D eigenvalue weighted by atomic mass is 32.2. The number of morpholine rings is 1. The molecule has 4 rings (SSSR count). The number of aromatic nitrogens is 1. The van der Waals surface area contributed by atoms with E-state index >= 15 is 0 Å². The molecule has 0 saturated carbocycles. The van der Waals surface area contributed by atoms with Gasteiger partial charge in [-0.05, 0) is 50.1 Å². The van der Waals surface area contributed by atoms with Gasteiger partial charge in [-0.2, -0.15) is 0 Å². The van der Waals surface area contributed by atoms with Crippen LogP contribution in [0.4, 0.5) is 5.13 Å². The molecule has 2 heterocycles. The summed E-state index contributed by atoms with van der Waals surface area (Å²) >= 11 is 3.36. The molecule has 170 valence electrons. The normalized spacial score (nSPS) is 14.7. The van der Waals surface area contributed by atoms with Crippen molar-refractivity contribution in [3.63, 3.8) is 0 Å². The first kappa shape index (κ1) is 23.2. The molecule has 2 aromatic carbocycles. The first-order chi connectivity index (χ1) is 15.6. The van der Waals surface area contributed by atoms with Gasteiger partial charge in [-0.1, -0.05) is 35.1 Å². The number of rotatable bonds is 9. The number of nitrogens with zero attached hydrogens (tertiary/aromatic N) is 3. The van der Waals surface area contributed by atoms with E-state index < -0.39 is 0 Å². The van der Waals surface area contributed by atoms with E-state index in [2.05, 4.69) is 55.1 Å². The number of aryl methyl sites for hydroxylation is 2. The Morgan fingerprint density at radius 2 is 1.88 bits per heavy atom. The highest BCUT2D eigenvalue weighted by molar-refractivity contribution is 7.99. The third-order valence-corrected chi connectivity index (χ3v) is 7.68. The molecular formula is C25H31N3O2S2. The van der Waals surface area contributed by atoms with Crippen LogP contribution in [0, 0.1) is 13.8 Å². The SMILES string of the molecule is Cc1ccc(SCCC(=O)N(CCCN2CCOCC2)c2nc3ccc(C)cc3s2)cc1. The number of anilines is 1. The van der Waals surface area contributed by atoms with Crippen LogP contribution in [0.1, 0.15) is 24.0 Å². The lowest BCUT2D eigenvalue weighted by molar-refractivity contribution is -0.118. The van der Waals surface area contributed by atoms with Gasteiger partial charge in [-0.25, -0.2) is 4.98 Å². The van der Waals surface area contributed by atoms with Crippen molar-refractivity contribution in [3.8, 4) is 0 Å².